The largest absolute Gasteiger partial charge is 0.465 e. The molecule has 2 aromatic rings. The molecule has 0 atom stereocenters. The number of amides is 1. The van der Waals surface area contributed by atoms with E-state index in [2.05, 4.69) is 10.1 Å². The van der Waals surface area contributed by atoms with Crippen LogP contribution in [0.4, 0.5) is 11.4 Å². The lowest BCUT2D eigenvalue weighted by Crippen LogP contribution is -2.13. The standard InChI is InChI=1S/C17H16Cl2N2O3/c1-24-17(23)10-8-14(19)13(15(20)9-10)6-7-16(22)21-12-4-2-11(18)3-5-12/h2-5,8-9H,6-7,20H2,1H3,(H,21,22). The number of anilines is 2. The Morgan fingerprint density at radius 2 is 1.83 bits per heavy atom. The zero-order chi connectivity index (χ0) is 17.7. The van der Waals surface area contributed by atoms with Crippen molar-refractivity contribution in [1.29, 1.82) is 0 Å². The van der Waals surface area contributed by atoms with Crippen LogP contribution in [0, 0.1) is 0 Å². The fourth-order valence-electron chi connectivity index (χ4n) is 2.15. The molecular formula is C17H16Cl2N2O3. The summed E-state index contributed by atoms with van der Waals surface area (Å²) in [4.78, 5) is 23.5. The SMILES string of the molecule is COC(=O)c1cc(N)c(CCC(=O)Nc2ccc(Cl)cc2)c(Cl)c1. The second kappa shape index (κ2) is 8.04. The molecule has 0 aliphatic carbocycles. The van der Waals surface area contributed by atoms with Gasteiger partial charge in [0.05, 0.1) is 12.7 Å². The predicted molar refractivity (Wildman–Crippen MR) is 95.6 cm³/mol. The molecule has 0 saturated heterocycles. The van der Waals surface area contributed by atoms with Crippen molar-refractivity contribution in [2.24, 2.45) is 0 Å². The maximum Gasteiger partial charge on any atom is 0.337 e. The van der Waals surface area contributed by atoms with Crippen LogP contribution in [0.25, 0.3) is 0 Å². The number of ether oxygens (including phenoxy) is 1. The van der Waals surface area contributed by atoms with Gasteiger partial charge in [0.25, 0.3) is 0 Å². The van der Waals surface area contributed by atoms with Gasteiger partial charge < -0.3 is 15.8 Å². The van der Waals surface area contributed by atoms with Gasteiger partial charge in [0.15, 0.2) is 0 Å². The average molecular weight is 367 g/mol. The summed E-state index contributed by atoms with van der Waals surface area (Å²) in [6.45, 7) is 0. The van der Waals surface area contributed by atoms with Crippen molar-refractivity contribution in [3.05, 3.63) is 57.6 Å². The zero-order valence-electron chi connectivity index (χ0n) is 12.9. The molecule has 2 aromatic carbocycles. The lowest BCUT2D eigenvalue weighted by molar-refractivity contribution is -0.116. The number of carbonyl (C=O) groups excluding carboxylic acids is 2. The van der Waals surface area contributed by atoms with E-state index in [-0.39, 0.29) is 17.9 Å². The Hall–Kier alpha value is -2.24. The third-order valence-electron chi connectivity index (χ3n) is 3.38. The topological polar surface area (TPSA) is 81.4 Å². The summed E-state index contributed by atoms with van der Waals surface area (Å²) in [6, 6.07) is 9.79. The molecule has 126 valence electrons. The molecule has 1 amide bonds. The fraction of sp³-hybridized carbons (Fsp3) is 0.176. The molecule has 7 heteroatoms. The first kappa shape index (κ1) is 18.1. The third kappa shape index (κ3) is 4.63. The molecule has 0 fully saturated rings. The molecule has 5 nitrogen and oxygen atoms in total. The number of carbonyl (C=O) groups is 2. The van der Waals surface area contributed by atoms with Crippen molar-refractivity contribution in [3.8, 4) is 0 Å². The molecule has 0 bridgehead atoms. The average Bonchev–Trinajstić information content (AvgIpc) is 2.55. The van der Waals surface area contributed by atoms with Gasteiger partial charge in [0.1, 0.15) is 0 Å². The van der Waals surface area contributed by atoms with Gasteiger partial charge in [-0.1, -0.05) is 23.2 Å². The van der Waals surface area contributed by atoms with Crippen LogP contribution in [-0.2, 0) is 16.0 Å². The Balaban J connectivity index is 2.02. The lowest BCUT2D eigenvalue weighted by Gasteiger charge is -2.11. The van der Waals surface area contributed by atoms with Crippen molar-refractivity contribution in [3.63, 3.8) is 0 Å². The highest BCUT2D eigenvalue weighted by molar-refractivity contribution is 6.32. The highest BCUT2D eigenvalue weighted by Crippen LogP contribution is 2.26. The van der Waals surface area contributed by atoms with Gasteiger partial charge >= 0.3 is 5.97 Å². The number of benzene rings is 2. The summed E-state index contributed by atoms with van der Waals surface area (Å²) in [5.74, 6) is -0.694. The minimum atomic E-state index is -0.518. The fourth-order valence-corrected chi connectivity index (χ4v) is 2.60. The number of esters is 1. The van der Waals surface area contributed by atoms with E-state index in [0.717, 1.165) is 0 Å². The summed E-state index contributed by atoms with van der Waals surface area (Å²) < 4.78 is 4.63. The van der Waals surface area contributed by atoms with Crippen molar-refractivity contribution in [2.45, 2.75) is 12.8 Å². The van der Waals surface area contributed by atoms with Gasteiger partial charge in [-0.2, -0.15) is 0 Å². The summed E-state index contributed by atoms with van der Waals surface area (Å²) in [5, 5.41) is 3.69. The lowest BCUT2D eigenvalue weighted by atomic mass is 10.0. The van der Waals surface area contributed by atoms with E-state index in [4.69, 9.17) is 28.9 Å². The van der Waals surface area contributed by atoms with E-state index in [1.165, 1.54) is 19.2 Å². The number of halogens is 2. The van der Waals surface area contributed by atoms with Crippen LogP contribution in [0.2, 0.25) is 10.0 Å². The van der Waals surface area contributed by atoms with Crippen LogP contribution < -0.4 is 11.1 Å². The normalized spacial score (nSPS) is 10.3. The monoisotopic (exact) mass is 366 g/mol. The summed E-state index contributed by atoms with van der Waals surface area (Å²) >= 11 is 12.0. The van der Waals surface area contributed by atoms with Crippen LogP contribution in [0.3, 0.4) is 0 Å². The predicted octanol–water partition coefficient (Wildman–Crippen LogP) is 3.93. The zero-order valence-corrected chi connectivity index (χ0v) is 14.4. The molecule has 2 rings (SSSR count). The summed E-state index contributed by atoms with van der Waals surface area (Å²) in [6.07, 6.45) is 0.551. The number of methoxy groups -OCH3 is 1. The van der Waals surface area contributed by atoms with E-state index in [9.17, 15) is 9.59 Å². The first-order valence-electron chi connectivity index (χ1n) is 7.12. The van der Waals surface area contributed by atoms with Crippen molar-refractivity contribution in [1.82, 2.24) is 0 Å². The van der Waals surface area contributed by atoms with Gasteiger partial charge in [0.2, 0.25) is 5.91 Å². The van der Waals surface area contributed by atoms with E-state index >= 15 is 0 Å². The van der Waals surface area contributed by atoms with E-state index in [0.29, 0.717) is 33.4 Å². The van der Waals surface area contributed by atoms with E-state index in [1.54, 1.807) is 24.3 Å². The quantitative estimate of drug-likeness (QED) is 0.620. The smallest absolute Gasteiger partial charge is 0.337 e. The second-order valence-corrected chi connectivity index (χ2v) is 5.92. The molecule has 0 saturated carbocycles. The number of nitrogens with one attached hydrogen (secondary N) is 1. The van der Waals surface area contributed by atoms with Gasteiger partial charge in [-0.3, -0.25) is 4.79 Å². The molecule has 0 spiro atoms. The number of hydrogen-bond acceptors (Lipinski definition) is 4. The molecule has 0 heterocycles. The number of hydrogen-bond donors (Lipinski definition) is 2. The Bertz CT molecular complexity index is 738. The molecule has 3 N–H and O–H groups in total. The van der Waals surface area contributed by atoms with Crippen molar-refractivity contribution >= 4 is 46.5 Å². The van der Waals surface area contributed by atoms with Crippen LogP contribution in [0.15, 0.2) is 36.4 Å². The molecule has 24 heavy (non-hydrogen) atoms. The van der Waals surface area contributed by atoms with Crippen molar-refractivity contribution < 1.29 is 14.3 Å². The first-order valence-corrected chi connectivity index (χ1v) is 7.88. The Labute approximate surface area is 149 Å². The Morgan fingerprint density at radius 3 is 2.42 bits per heavy atom. The Morgan fingerprint density at radius 1 is 1.17 bits per heavy atom. The minimum Gasteiger partial charge on any atom is -0.465 e. The first-order chi connectivity index (χ1) is 11.4. The number of rotatable bonds is 5. The van der Waals surface area contributed by atoms with Crippen LogP contribution in [0.1, 0.15) is 22.3 Å². The van der Waals surface area contributed by atoms with Crippen molar-refractivity contribution in [2.75, 3.05) is 18.2 Å². The third-order valence-corrected chi connectivity index (χ3v) is 3.97. The molecule has 0 aliphatic rings. The van der Waals surface area contributed by atoms with E-state index < -0.39 is 5.97 Å². The van der Waals surface area contributed by atoms with Crippen LogP contribution in [-0.4, -0.2) is 19.0 Å². The maximum absolute atomic E-state index is 12.0. The van der Waals surface area contributed by atoms with Crippen LogP contribution >= 0.6 is 23.2 Å². The Kier molecular flexibility index (Phi) is 6.06. The molecule has 0 aliphatic heterocycles. The summed E-state index contributed by atoms with van der Waals surface area (Å²) in [5.41, 5.74) is 7.83. The van der Waals surface area contributed by atoms with Crippen LogP contribution in [0.5, 0.6) is 0 Å². The van der Waals surface area contributed by atoms with Gasteiger partial charge in [0, 0.05) is 27.8 Å². The van der Waals surface area contributed by atoms with E-state index in [1.807, 2.05) is 0 Å². The number of nitrogens with two attached hydrogens (primary N) is 1. The molecule has 0 aromatic heterocycles. The minimum absolute atomic E-state index is 0.176. The second-order valence-electron chi connectivity index (χ2n) is 5.07. The highest BCUT2D eigenvalue weighted by atomic mass is 35.5. The molecule has 0 radical (unpaired) electrons. The molecule has 0 unspecified atom stereocenters. The number of nitrogen functional groups attached to an aromatic ring is 1. The maximum atomic E-state index is 12.0. The molecular weight excluding hydrogens is 351 g/mol. The van der Waals surface area contributed by atoms with Gasteiger partial charge in [-0.15, -0.1) is 0 Å². The van der Waals surface area contributed by atoms with Gasteiger partial charge in [-0.25, -0.2) is 4.79 Å². The highest BCUT2D eigenvalue weighted by Gasteiger charge is 2.14. The summed E-state index contributed by atoms with van der Waals surface area (Å²) in [7, 11) is 1.28. The van der Waals surface area contributed by atoms with Gasteiger partial charge in [-0.05, 0) is 48.4 Å².